The van der Waals surface area contributed by atoms with Crippen LogP contribution in [0.25, 0.3) is 0 Å². The summed E-state index contributed by atoms with van der Waals surface area (Å²) < 4.78 is 0. The number of urea groups is 1. The number of benzene rings is 1. The fourth-order valence-corrected chi connectivity index (χ4v) is 3.42. The molecule has 0 aliphatic carbocycles. The van der Waals surface area contributed by atoms with Gasteiger partial charge >= 0.3 is 6.03 Å². The van der Waals surface area contributed by atoms with E-state index in [0.29, 0.717) is 35.2 Å². The lowest BCUT2D eigenvalue weighted by Gasteiger charge is -2.09. The van der Waals surface area contributed by atoms with Crippen molar-refractivity contribution in [2.24, 2.45) is 0 Å². The molecule has 1 saturated heterocycles. The molecule has 0 saturated carbocycles. The van der Waals surface area contributed by atoms with Crippen LogP contribution in [0.15, 0.2) is 29.6 Å². The third kappa shape index (κ3) is 4.82. The number of carbonyl (C=O) groups excluding carboxylic acids is 3. The molecule has 142 valence electrons. The van der Waals surface area contributed by atoms with Crippen molar-refractivity contribution in [2.75, 3.05) is 23.3 Å². The van der Waals surface area contributed by atoms with Crippen molar-refractivity contribution in [2.45, 2.75) is 26.3 Å². The molecule has 4 amide bonds. The molecular formula is C18H21N5O3S. The lowest BCUT2D eigenvalue weighted by molar-refractivity contribution is -0.115. The van der Waals surface area contributed by atoms with E-state index in [-0.39, 0.29) is 30.3 Å². The van der Waals surface area contributed by atoms with Gasteiger partial charge in [0.25, 0.3) is 5.91 Å². The van der Waals surface area contributed by atoms with E-state index >= 15 is 0 Å². The van der Waals surface area contributed by atoms with E-state index in [4.69, 9.17) is 0 Å². The largest absolute Gasteiger partial charge is 0.350 e. The Morgan fingerprint density at radius 3 is 2.67 bits per heavy atom. The number of carbonyl (C=O) groups is 3. The van der Waals surface area contributed by atoms with Crippen molar-refractivity contribution >= 4 is 40.0 Å². The van der Waals surface area contributed by atoms with Gasteiger partial charge in [0.1, 0.15) is 0 Å². The van der Waals surface area contributed by atoms with Crippen LogP contribution in [0.2, 0.25) is 0 Å². The van der Waals surface area contributed by atoms with E-state index in [2.05, 4.69) is 20.9 Å². The summed E-state index contributed by atoms with van der Waals surface area (Å²) in [5.74, 6) is -0.360. The van der Waals surface area contributed by atoms with Crippen molar-refractivity contribution in [1.29, 1.82) is 0 Å². The zero-order valence-corrected chi connectivity index (χ0v) is 15.9. The Morgan fingerprint density at radius 1 is 1.30 bits per heavy atom. The highest BCUT2D eigenvalue weighted by Gasteiger charge is 2.24. The normalized spacial score (nSPS) is 13.6. The highest BCUT2D eigenvalue weighted by atomic mass is 32.1. The molecule has 0 atom stereocenters. The Kier molecular flexibility index (Phi) is 5.70. The molecule has 1 aromatic heterocycles. The fraction of sp³-hybridized carbons (Fsp3) is 0.333. The maximum atomic E-state index is 12.2. The molecule has 1 aromatic carbocycles. The maximum Gasteiger partial charge on any atom is 0.323 e. The summed E-state index contributed by atoms with van der Waals surface area (Å²) in [6.07, 6.45) is 0.113. The minimum Gasteiger partial charge on any atom is -0.350 e. The van der Waals surface area contributed by atoms with Crippen molar-refractivity contribution in [1.82, 2.24) is 15.6 Å². The molecule has 0 unspecified atom stereocenters. The van der Waals surface area contributed by atoms with Crippen molar-refractivity contribution in [3.05, 3.63) is 40.9 Å². The molecule has 0 spiro atoms. The molecule has 8 nitrogen and oxygen atoms in total. The third-order valence-corrected chi connectivity index (χ3v) is 4.73. The molecule has 9 heteroatoms. The van der Waals surface area contributed by atoms with Crippen molar-refractivity contribution in [3.8, 4) is 0 Å². The summed E-state index contributed by atoms with van der Waals surface area (Å²) in [5.41, 5.74) is 1.75. The van der Waals surface area contributed by atoms with Gasteiger partial charge in [-0.1, -0.05) is 0 Å². The first-order valence-corrected chi connectivity index (χ1v) is 9.51. The van der Waals surface area contributed by atoms with Gasteiger partial charge < -0.3 is 16.0 Å². The maximum absolute atomic E-state index is 12.2. The third-order valence-electron chi connectivity index (χ3n) is 3.82. The Balaban J connectivity index is 1.56. The van der Waals surface area contributed by atoms with Gasteiger partial charge in [-0.2, -0.15) is 0 Å². The minimum atomic E-state index is -0.211. The first-order valence-electron chi connectivity index (χ1n) is 8.63. The summed E-state index contributed by atoms with van der Waals surface area (Å²) >= 11 is 1.34. The van der Waals surface area contributed by atoms with Gasteiger partial charge in [-0.25, -0.2) is 9.78 Å². The van der Waals surface area contributed by atoms with Crippen LogP contribution >= 0.6 is 11.3 Å². The molecule has 3 N–H and O–H groups in total. The van der Waals surface area contributed by atoms with E-state index in [9.17, 15) is 14.4 Å². The Bertz CT molecular complexity index is 847. The smallest absolute Gasteiger partial charge is 0.323 e. The number of anilines is 2. The standard InChI is InChI=1S/C18H21N5O3S/c1-11(2)20-16(25)12-3-5-13(6-4-12)21-15(24)9-14-10-27-18(22-14)23-8-7-19-17(23)26/h3-6,10-11H,7-9H2,1-2H3,(H,19,26)(H,20,25)(H,21,24). The van der Waals surface area contributed by atoms with Crippen LogP contribution in [0.5, 0.6) is 0 Å². The average Bonchev–Trinajstić information content (AvgIpc) is 3.23. The monoisotopic (exact) mass is 387 g/mol. The van der Waals surface area contributed by atoms with Crippen LogP contribution in [-0.4, -0.2) is 42.0 Å². The van der Waals surface area contributed by atoms with Gasteiger partial charge in [-0.3, -0.25) is 14.5 Å². The predicted molar refractivity (Wildman–Crippen MR) is 104 cm³/mol. The lowest BCUT2D eigenvalue weighted by atomic mass is 10.2. The second-order valence-corrected chi connectivity index (χ2v) is 7.27. The number of hydrogen-bond acceptors (Lipinski definition) is 5. The van der Waals surface area contributed by atoms with E-state index in [1.165, 1.54) is 11.3 Å². The first-order chi connectivity index (χ1) is 12.9. The summed E-state index contributed by atoms with van der Waals surface area (Å²) in [6, 6.07) is 6.61. The summed E-state index contributed by atoms with van der Waals surface area (Å²) in [7, 11) is 0. The number of thiazole rings is 1. The predicted octanol–water partition coefficient (Wildman–Crippen LogP) is 1.99. The van der Waals surface area contributed by atoms with Crippen LogP contribution in [0, 0.1) is 0 Å². The van der Waals surface area contributed by atoms with E-state index < -0.39 is 0 Å². The molecule has 27 heavy (non-hydrogen) atoms. The average molecular weight is 387 g/mol. The van der Waals surface area contributed by atoms with Gasteiger partial charge in [0, 0.05) is 35.8 Å². The highest BCUT2D eigenvalue weighted by Crippen LogP contribution is 2.22. The Morgan fingerprint density at radius 2 is 2.04 bits per heavy atom. The molecule has 2 heterocycles. The topological polar surface area (TPSA) is 103 Å². The van der Waals surface area contributed by atoms with Crippen molar-refractivity contribution in [3.63, 3.8) is 0 Å². The van der Waals surface area contributed by atoms with Crippen LogP contribution in [0.1, 0.15) is 29.9 Å². The van der Waals surface area contributed by atoms with Crippen molar-refractivity contribution < 1.29 is 14.4 Å². The molecular weight excluding hydrogens is 366 g/mol. The van der Waals surface area contributed by atoms with Gasteiger partial charge in [-0.05, 0) is 38.1 Å². The second-order valence-electron chi connectivity index (χ2n) is 6.44. The molecule has 3 rings (SSSR count). The molecule has 1 aliphatic rings. The zero-order chi connectivity index (χ0) is 19.4. The molecule has 1 fully saturated rings. The van der Waals surface area contributed by atoms with Crippen LogP contribution < -0.4 is 20.9 Å². The lowest BCUT2D eigenvalue weighted by Crippen LogP contribution is -2.30. The van der Waals surface area contributed by atoms with E-state index in [1.54, 1.807) is 34.5 Å². The number of amides is 4. The number of hydrogen-bond donors (Lipinski definition) is 3. The van der Waals surface area contributed by atoms with Gasteiger partial charge in [0.15, 0.2) is 5.13 Å². The van der Waals surface area contributed by atoms with E-state index in [0.717, 1.165) is 0 Å². The Hall–Kier alpha value is -2.94. The SMILES string of the molecule is CC(C)NC(=O)c1ccc(NC(=O)Cc2csc(N3CCNC3=O)n2)cc1. The fourth-order valence-electron chi connectivity index (χ4n) is 2.58. The number of rotatable bonds is 6. The first kappa shape index (κ1) is 18.8. The summed E-state index contributed by atoms with van der Waals surface area (Å²) in [5, 5.41) is 10.7. The molecule has 0 radical (unpaired) electrons. The quantitative estimate of drug-likeness (QED) is 0.705. The zero-order valence-electron chi connectivity index (χ0n) is 15.1. The molecule has 0 bridgehead atoms. The van der Waals surface area contributed by atoms with Gasteiger partial charge in [-0.15, -0.1) is 11.3 Å². The minimum absolute atomic E-state index is 0.0616. The van der Waals surface area contributed by atoms with Crippen LogP contribution in [0.4, 0.5) is 15.6 Å². The highest BCUT2D eigenvalue weighted by molar-refractivity contribution is 7.14. The Labute approximate surface area is 161 Å². The second kappa shape index (κ2) is 8.17. The summed E-state index contributed by atoms with van der Waals surface area (Å²) in [4.78, 5) is 41.7. The number of nitrogens with one attached hydrogen (secondary N) is 3. The number of aromatic nitrogens is 1. The van der Waals surface area contributed by atoms with E-state index in [1.807, 2.05) is 13.8 Å². The van der Waals surface area contributed by atoms with Crippen LogP contribution in [0.3, 0.4) is 0 Å². The summed E-state index contributed by atoms with van der Waals surface area (Å²) in [6.45, 7) is 4.97. The van der Waals surface area contributed by atoms with Gasteiger partial charge in [0.05, 0.1) is 12.1 Å². The van der Waals surface area contributed by atoms with Crippen LogP contribution in [-0.2, 0) is 11.2 Å². The number of nitrogens with zero attached hydrogens (tertiary/aromatic N) is 2. The molecule has 2 aromatic rings. The molecule has 1 aliphatic heterocycles. The van der Waals surface area contributed by atoms with Gasteiger partial charge in [0.2, 0.25) is 5.91 Å².